The predicted octanol–water partition coefficient (Wildman–Crippen LogP) is 3.30. The Balaban J connectivity index is 2.12. The van der Waals surface area contributed by atoms with Crippen LogP contribution in [-0.2, 0) is 16.1 Å². The molecule has 6 heteroatoms. The highest BCUT2D eigenvalue weighted by atomic mass is 79.9. The minimum Gasteiger partial charge on any atom is -0.484 e. The standard InChI is InChI=1S/C20H23BrN2O3/c1-14-5-4-6-16(11-14)12-23(15(2)20(25)22-3)19(24)13-26-18-9-7-17(21)8-10-18/h4-11,15H,12-13H2,1-3H3,(H,22,25)/t15-/m0/s1. The Hall–Kier alpha value is -2.34. The number of nitrogens with zero attached hydrogens (tertiary/aromatic N) is 1. The van der Waals surface area contributed by atoms with Crippen LogP contribution in [-0.4, -0.2) is 36.4 Å². The van der Waals surface area contributed by atoms with Crippen LogP contribution in [0.5, 0.6) is 5.75 Å². The van der Waals surface area contributed by atoms with Crippen molar-refractivity contribution in [3.05, 3.63) is 64.1 Å². The zero-order chi connectivity index (χ0) is 19.1. The van der Waals surface area contributed by atoms with Gasteiger partial charge in [0.15, 0.2) is 6.61 Å². The van der Waals surface area contributed by atoms with E-state index in [2.05, 4.69) is 21.2 Å². The summed E-state index contributed by atoms with van der Waals surface area (Å²) in [4.78, 5) is 26.4. The summed E-state index contributed by atoms with van der Waals surface area (Å²) < 4.78 is 6.52. The first-order valence-electron chi connectivity index (χ1n) is 8.35. The molecule has 0 bridgehead atoms. The quantitative estimate of drug-likeness (QED) is 0.750. The topological polar surface area (TPSA) is 58.6 Å². The van der Waals surface area contributed by atoms with E-state index in [0.717, 1.165) is 15.6 Å². The van der Waals surface area contributed by atoms with Crippen LogP contribution >= 0.6 is 15.9 Å². The zero-order valence-electron chi connectivity index (χ0n) is 15.2. The Kier molecular flexibility index (Phi) is 7.21. The molecule has 0 fully saturated rings. The second kappa shape index (κ2) is 9.38. The van der Waals surface area contributed by atoms with Crippen LogP contribution in [0.25, 0.3) is 0 Å². The van der Waals surface area contributed by atoms with Crippen molar-refractivity contribution in [1.82, 2.24) is 10.2 Å². The van der Waals surface area contributed by atoms with Gasteiger partial charge in [0.2, 0.25) is 5.91 Å². The Bertz CT molecular complexity index is 762. The van der Waals surface area contributed by atoms with E-state index in [9.17, 15) is 9.59 Å². The average molecular weight is 419 g/mol. The number of amides is 2. The molecule has 0 heterocycles. The first-order valence-corrected chi connectivity index (χ1v) is 9.15. The van der Waals surface area contributed by atoms with Gasteiger partial charge in [-0.2, -0.15) is 0 Å². The fourth-order valence-corrected chi connectivity index (χ4v) is 2.82. The largest absolute Gasteiger partial charge is 0.484 e. The summed E-state index contributed by atoms with van der Waals surface area (Å²) in [5.41, 5.74) is 2.08. The number of halogens is 1. The van der Waals surface area contributed by atoms with Crippen molar-refractivity contribution in [2.45, 2.75) is 26.4 Å². The maximum Gasteiger partial charge on any atom is 0.261 e. The van der Waals surface area contributed by atoms with E-state index in [4.69, 9.17) is 4.74 Å². The van der Waals surface area contributed by atoms with Gasteiger partial charge in [0.25, 0.3) is 5.91 Å². The first-order chi connectivity index (χ1) is 12.4. The van der Waals surface area contributed by atoms with E-state index in [1.807, 2.05) is 43.3 Å². The average Bonchev–Trinajstić information content (AvgIpc) is 2.64. The molecule has 2 aromatic rings. The van der Waals surface area contributed by atoms with Gasteiger partial charge in [-0.3, -0.25) is 9.59 Å². The third-order valence-electron chi connectivity index (χ3n) is 4.03. The number of carbonyl (C=O) groups excluding carboxylic acids is 2. The second-order valence-corrected chi connectivity index (χ2v) is 6.96. The van der Waals surface area contributed by atoms with Crippen LogP contribution in [0.4, 0.5) is 0 Å². The minimum absolute atomic E-state index is 0.130. The molecule has 0 spiro atoms. The summed E-state index contributed by atoms with van der Waals surface area (Å²) >= 11 is 3.36. The number of ether oxygens (including phenoxy) is 1. The van der Waals surface area contributed by atoms with Crippen molar-refractivity contribution in [3.8, 4) is 5.75 Å². The van der Waals surface area contributed by atoms with Crippen LogP contribution in [0, 0.1) is 6.92 Å². The molecule has 2 aromatic carbocycles. The van der Waals surface area contributed by atoms with Crippen molar-refractivity contribution in [3.63, 3.8) is 0 Å². The molecule has 0 aliphatic carbocycles. The zero-order valence-corrected chi connectivity index (χ0v) is 16.7. The monoisotopic (exact) mass is 418 g/mol. The van der Waals surface area contributed by atoms with Crippen LogP contribution in [0.2, 0.25) is 0 Å². The van der Waals surface area contributed by atoms with Crippen LogP contribution < -0.4 is 10.1 Å². The molecular weight excluding hydrogens is 396 g/mol. The third kappa shape index (κ3) is 5.59. The predicted molar refractivity (Wildman–Crippen MR) is 105 cm³/mol. The van der Waals surface area contributed by atoms with Gasteiger partial charge in [0.05, 0.1) is 0 Å². The summed E-state index contributed by atoms with van der Waals surface area (Å²) in [7, 11) is 1.56. The lowest BCUT2D eigenvalue weighted by molar-refractivity contribution is -0.142. The minimum atomic E-state index is -0.596. The number of rotatable bonds is 7. The normalized spacial score (nSPS) is 11.5. The van der Waals surface area contributed by atoms with Crippen molar-refractivity contribution in [1.29, 1.82) is 0 Å². The van der Waals surface area contributed by atoms with Gasteiger partial charge in [-0.05, 0) is 43.7 Å². The molecule has 0 aromatic heterocycles. The third-order valence-corrected chi connectivity index (χ3v) is 4.55. The van der Waals surface area contributed by atoms with Gasteiger partial charge < -0.3 is 15.0 Å². The maximum absolute atomic E-state index is 12.7. The van der Waals surface area contributed by atoms with Gasteiger partial charge in [-0.25, -0.2) is 0 Å². The summed E-state index contributed by atoms with van der Waals surface area (Å²) in [6, 6.07) is 14.5. The van der Waals surface area contributed by atoms with Crippen molar-refractivity contribution in [2.24, 2.45) is 0 Å². The van der Waals surface area contributed by atoms with Crippen LogP contribution in [0.3, 0.4) is 0 Å². The van der Waals surface area contributed by atoms with Gasteiger partial charge in [0.1, 0.15) is 11.8 Å². The molecule has 1 N–H and O–H groups in total. The Morgan fingerprint density at radius 2 is 1.88 bits per heavy atom. The van der Waals surface area contributed by atoms with E-state index >= 15 is 0 Å². The smallest absolute Gasteiger partial charge is 0.261 e. The number of nitrogens with one attached hydrogen (secondary N) is 1. The van der Waals surface area contributed by atoms with Gasteiger partial charge >= 0.3 is 0 Å². The number of aryl methyl sites for hydroxylation is 1. The lowest BCUT2D eigenvalue weighted by atomic mass is 10.1. The molecule has 0 aliphatic rings. The van der Waals surface area contributed by atoms with Gasteiger partial charge in [-0.15, -0.1) is 0 Å². The molecule has 0 unspecified atom stereocenters. The number of benzene rings is 2. The van der Waals surface area contributed by atoms with Crippen LogP contribution in [0.15, 0.2) is 53.0 Å². The van der Waals surface area contributed by atoms with E-state index in [0.29, 0.717) is 12.3 Å². The molecule has 2 amide bonds. The van der Waals surface area contributed by atoms with Crippen LogP contribution in [0.1, 0.15) is 18.1 Å². The Morgan fingerprint density at radius 3 is 2.50 bits per heavy atom. The number of likely N-dealkylation sites (N-methyl/N-ethyl adjacent to an activating group) is 1. The van der Waals surface area contributed by atoms with E-state index in [1.165, 1.54) is 4.90 Å². The van der Waals surface area contributed by atoms with Crippen molar-refractivity contribution < 1.29 is 14.3 Å². The molecule has 1 atom stereocenters. The molecular formula is C20H23BrN2O3. The number of carbonyl (C=O) groups is 2. The lowest BCUT2D eigenvalue weighted by Crippen LogP contribution is -2.48. The van der Waals surface area contributed by atoms with Gasteiger partial charge in [0, 0.05) is 18.1 Å². The summed E-state index contributed by atoms with van der Waals surface area (Å²) in [6.07, 6.45) is 0. The van der Waals surface area contributed by atoms with E-state index < -0.39 is 6.04 Å². The summed E-state index contributed by atoms with van der Waals surface area (Å²) in [6.45, 7) is 3.92. The molecule has 138 valence electrons. The molecule has 5 nitrogen and oxygen atoms in total. The number of hydrogen-bond acceptors (Lipinski definition) is 3. The lowest BCUT2D eigenvalue weighted by Gasteiger charge is -2.28. The highest BCUT2D eigenvalue weighted by molar-refractivity contribution is 9.10. The van der Waals surface area contributed by atoms with Crippen molar-refractivity contribution >= 4 is 27.7 Å². The fourth-order valence-electron chi connectivity index (χ4n) is 2.56. The Morgan fingerprint density at radius 1 is 1.19 bits per heavy atom. The molecule has 26 heavy (non-hydrogen) atoms. The van der Waals surface area contributed by atoms with E-state index in [-0.39, 0.29) is 18.4 Å². The molecule has 0 saturated heterocycles. The first kappa shape index (κ1) is 20.0. The van der Waals surface area contributed by atoms with E-state index in [1.54, 1.807) is 26.1 Å². The second-order valence-electron chi connectivity index (χ2n) is 6.04. The summed E-state index contributed by atoms with van der Waals surface area (Å²) in [5.74, 6) is 0.143. The molecule has 0 saturated carbocycles. The maximum atomic E-state index is 12.7. The molecule has 2 rings (SSSR count). The summed E-state index contributed by atoms with van der Waals surface area (Å²) in [5, 5.41) is 2.60. The Labute approximate surface area is 162 Å². The number of hydrogen-bond donors (Lipinski definition) is 1. The van der Waals surface area contributed by atoms with Crippen molar-refractivity contribution in [2.75, 3.05) is 13.7 Å². The van der Waals surface area contributed by atoms with Gasteiger partial charge in [-0.1, -0.05) is 45.8 Å². The highest BCUT2D eigenvalue weighted by Gasteiger charge is 2.25. The fraction of sp³-hybridized carbons (Fsp3) is 0.300. The highest BCUT2D eigenvalue weighted by Crippen LogP contribution is 2.17. The molecule has 0 aliphatic heterocycles. The SMILES string of the molecule is CNC(=O)[C@H](C)N(Cc1cccc(C)c1)C(=O)COc1ccc(Br)cc1. The molecule has 0 radical (unpaired) electrons.